The number of hydrogen-bond donors (Lipinski definition) is 0. The highest BCUT2D eigenvalue weighted by Gasteiger charge is 2.57. The van der Waals surface area contributed by atoms with Crippen LogP contribution < -0.4 is 0 Å². The van der Waals surface area contributed by atoms with Gasteiger partial charge in [0.05, 0.1) is 6.10 Å². The van der Waals surface area contributed by atoms with Crippen LogP contribution in [0.5, 0.6) is 0 Å². The molecule has 0 aromatic heterocycles. The van der Waals surface area contributed by atoms with Gasteiger partial charge in [0.1, 0.15) is 5.60 Å². The van der Waals surface area contributed by atoms with Crippen LogP contribution in [0.4, 0.5) is 0 Å². The lowest BCUT2D eigenvalue weighted by atomic mass is 9.95. The van der Waals surface area contributed by atoms with Gasteiger partial charge < -0.3 is 4.74 Å². The van der Waals surface area contributed by atoms with Gasteiger partial charge in [-0.1, -0.05) is 6.92 Å². The van der Waals surface area contributed by atoms with Crippen LogP contribution in [0.2, 0.25) is 0 Å². The molecule has 0 unspecified atom stereocenters. The Hall–Kier alpha value is -0.0800. The Labute approximate surface area is 80.2 Å². The van der Waals surface area contributed by atoms with Crippen molar-refractivity contribution in [2.45, 2.75) is 44.3 Å². The normalized spacial score (nSPS) is 44.5. The molecule has 74 valence electrons. The van der Waals surface area contributed by atoms with Crippen molar-refractivity contribution >= 4 is 0 Å². The SMILES string of the molecule is CC[C@]12CN(CC3CC3)CC[C@@H]1O2. The van der Waals surface area contributed by atoms with Crippen LogP contribution in [-0.4, -0.2) is 36.2 Å². The average molecular weight is 181 g/mol. The summed E-state index contributed by atoms with van der Waals surface area (Å²) in [6, 6.07) is 0. The van der Waals surface area contributed by atoms with E-state index in [1.54, 1.807) is 0 Å². The number of ether oxygens (including phenoxy) is 1. The minimum atomic E-state index is 0.299. The number of nitrogens with zero attached hydrogens (tertiary/aromatic N) is 1. The van der Waals surface area contributed by atoms with Crippen molar-refractivity contribution in [2.75, 3.05) is 19.6 Å². The van der Waals surface area contributed by atoms with Gasteiger partial charge in [-0.25, -0.2) is 0 Å². The molecule has 0 radical (unpaired) electrons. The van der Waals surface area contributed by atoms with E-state index in [1.165, 1.54) is 45.3 Å². The molecular weight excluding hydrogens is 162 g/mol. The highest BCUT2D eigenvalue weighted by molar-refractivity contribution is 5.07. The van der Waals surface area contributed by atoms with E-state index in [0.29, 0.717) is 11.7 Å². The summed E-state index contributed by atoms with van der Waals surface area (Å²) in [6.45, 7) is 6.10. The third kappa shape index (κ3) is 1.40. The molecule has 2 nitrogen and oxygen atoms in total. The molecule has 0 spiro atoms. The molecule has 0 N–H and O–H groups in total. The van der Waals surface area contributed by atoms with Crippen molar-refractivity contribution in [3.05, 3.63) is 0 Å². The van der Waals surface area contributed by atoms with Crippen LogP contribution in [0.3, 0.4) is 0 Å². The van der Waals surface area contributed by atoms with Crippen LogP contribution in [0, 0.1) is 5.92 Å². The summed E-state index contributed by atoms with van der Waals surface area (Å²) in [5.74, 6) is 1.03. The summed E-state index contributed by atoms with van der Waals surface area (Å²) >= 11 is 0. The number of epoxide rings is 1. The minimum absolute atomic E-state index is 0.299. The average Bonchev–Trinajstić information content (AvgIpc) is 2.98. The van der Waals surface area contributed by atoms with Gasteiger partial charge in [0, 0.05) is 19.6 Å². The maximum absolute atomic E-state index is 5.81. The van der Waals surface area contributed by atoms with Crippen molar-refractivity contribution in [2.24, 2.45) is 5.92 Å². The zero-order valence-corrected chi connectivity index (χ0v) is 8.46. The Kier molecular flexibility index (Phi) is 1.72. The molecule has 2 atom stereocenters. The van der Waals surface area contributed by atoms with Crippen LogP contribution in [0.15, 0.2) is 0 Å². The van der Waals surface area contributed by atoms with E-state index in [4.69, 9.17) is 4.74 Å². The second kappa shape index (κ2) is 2.71. The molecule has 0 bridgehead atoms. The van der Waals surface area contributed by atoms with Gasteiger partial charge >= 0.3 is 0 Å². The first-order valence-corrected chi connectivity index (χ1v) is 5.72. The Morgan fingerprint density at radius 1 is 1.38 bits per heavy atom. The van der Waals surface area contributed by atoms with Gasteiger partial charge in [0.2, 0.25) is 0 Å². The summed E-state index contributed by atoms with van der Waals surface area (Å²) in [6.07, 6.45) is 6.05. The summed E-state index contributed by atoms with van der Waals surface area (Å²) in [5.41, 5.74) is 0.299. The fourth-order valence-electron chi connectivity index (χ4n) is 2.71. The zero-order chi connectivity index (χ0) is 8.89. The third-order valence-electron chi connectivity index (χ3n) is 3.92. The number of hydrogen-bond acceptors (Lipinski definition) is 2. The lowest BCUT2D eigenvalue weighted by Crippen LogP contribution is -2.42. The summed E-state index contributed by atoms with van der Waals surface area (Å²) in [7, 11) is 0. The molecule has 2 heterocycles. The topological polar surface area (TPSA) is 15.8 Å². The van der Waals surface area contributed by atoms with Gasteiger partial charge in [-0.05, 0) is 31.6 Å². The van der Waals surface area contributed by atoms with Crippen molar-refractivity contribution in [1.29, 1.82) is 0 Å². The molecule has 3 aliphatic rings. The van der Waals surface area contributed by atoms with E-state index in [9.17, 15) is 0 Å². The lowest BCUT2D eigenvalue weighted by Gasteiger charge is -2.29. The van der Waals surface area contributed by atoms with Crippen LogP contribution >= 0.6 is 0 Å². The van der Waals surface area contributed by atoms with E-state index < -0.39 is 0 Å². The molecule has 2 saturated heterocycles. The van der Waals surface area contributed by atoms with E-state index in [1.807, 2.05) is 0 Å². The molecule has 2 aliphatic heterocycles. The van der Waals surface area contributed by atoms with Gasteiger partial charge in [-0.15, -0.1) is 0 Å². The quantitative estimate of drug-likeness (QED) is 0.615. The van der Waals surface area contributed by atoms with Gasteiger partial charge in [-0.2, -0.15) is 0 Å². The van der Waals surface area contributed by atoms with Gasteiger partial charge in [0.15, 0.2) is 0 Å². The van der Waals surface area contributed by atoms with Crippen molar-refractivity contribution < 1.29 is 4.74 Å². The fraction of sp³-hybridized carbons (Fsp3) is 1.00. The molecule has 3 fully saturated rings. The predicted molar refractivity (Wildman–Crippen MR) is 51.7 cm³/mol. The smallest absolute Gasteiger partial charge is 0.107 e. The van der Waals surface area contributed by atoms with E-state index in [0.717, 1.165) is 5.92 Å². The van der Waals surface area contributed by atoms with Gasteiger partial charge in [0.25, 0.3) is 0 Å². The van der Waals surface area contributed by atoms with Gasteiger partial charge in [-0.3, -0.25) is 4.90 Å². The third-order valence-corrected chi connectivity index (χ3v) is 3.92. The number of fused-ring (bicyclic) bond motifs is 1. The number of rotatable bonds is 3. The highest BCUT2D eigenvalue weighted by Crippen LogP contribution is 2.46. The second-order valence-corrected chi connectivity index (χ2v) is 4.99. The predicted octanol–water partition coefficient (Wildman–Crippen LogP) is 1.65. The second-order valence-electron chi connectivity index (χ2n) is 4.99. The first kappa shape index (κ1) is 8.25. The summed E-state index contributed by atoms with van der Waals surface area (Å²) < 4.78 is 5.81. The Morgan fingerprint density at radius 3 is 2.92 bits per heavy atom. The molecular formula is C11H19NO. The first-order valence-electron chi connectivity index (χ1n) is 5.72. The molecule has 1 aliphatic carbocycles. The Balaban J connectivity index is 1.59. The maximum Gasteiger partial charge on any atom is 0.107 e. The van der Waals surface area contributed by atoms with Crippen molar-refractivity contribution in [1.82, 2.24) is 4.90 Å². The van der Waals surface area contributed by atoms with Crippen molar-refractivity contribution in [3.8, 4) is 0 Å². The maximum atomic E-state index is 5.81. The molecule has 3 rings (SSSR count). The molecule has 1 saturated carbocycles. The fourth-order valence-corrected chi connectivity index (χ4v) is 2.71. The monoisotopic (exact) mass is 181 g/mol. The van der Waals surface area contributed by atoms with Crippen LogP contribution in [0.1, 0.15) is 32.6 Å². The molecule has 0 aromatic rings. The largest absolute Gasteiger partial charge is 0.365 e. The molecule has 0 amide bonds. The highest BCUT2D eigenvalue weighted by atomic mass is 16.6. The Morgan fingerprint density at radius 2 is 2.23 bits per heavy atom. The van der Waals surface area contributed by atoms with E-state index >= 15 is 0 Å². The summed E-state index contributed by atoms with van der Waals surface area (Å²) in [4.78, 5) is 2.63. The zero-order valence-electron chi connectivity index (χ0n) is 8.46. The number of piperidine rings is 1. The number of likely N-dealkylation sites (tertiary alicyclic amines) is 1. The standard InChI is InChI=1S/C11H19NO/c1-2-11-8-12(7-9-3-4-9)6-5-10(11)13-11/h9-10H,2-8H2,1H3/t10-,11-/m0/s1. The van der Waals surface area contributed by atoms with E-state index in [-0.39, 0.29) is 0 Å². The summed E-state index contributed by atoms with van der Waals surface area (Å²) in [5, 5.41) is 0. The molecule has 2 heteroatoms. The van der Waals surface area contributed by atoms with Crippen LogP contribution in [-0.2, 0) is 4.74 Å². The van der Waals surface area contributed by atoms with Crippen LogP contribution in [0.25, 0.3) is 0 Å². The Bertz CT molecular complexity index is 214. The minimum Gasteiger partial charge on any atom is -0.365 e. The van der Waals surface area contributed by atoms with E-state index in [2.05, 4.69) is 11.8 Å². The van der Waals surface area contributed by atoms with Crippen molar-refractivity contribution in [3.63, 3.8) is 0 Å². The molecule has 0 aromatic carbocycles. The lowest BCUT2D eigenvalue weighted by molar-refractivity contribution is 0.179. The molecule has 13 heavy (non-hydrogen) atoms. The first-order chi connectivity index (χ1) is 6.32.